The van der Waals surface area contributed by atoms with Crippen LogP contribution in [0.25, 0.3) is 0 Å². The number of ether oxygens (including phenoxy) is 1. The molecule has 0 aliphatic heterocycles. The first-order chi connectivity index (χ1) is 7.79. The zero-order valence-corrected chi connectivity index (χ0v) is 12.3. The van der Waals surface area contributed by atoms with Gasteiger partial charge in [0.2, 0.25) is 0 Å². The van der Waals surface area contributed by atoms with Gasteiger partial charge in [-0.3, -0.25) is 0 Å². The van der Waals surface area contributed by atoms with Crippen molar-refractivity contribution < 1.29 is 4.74 Å². The second kappa shape index (κ2) is 6.18. The molecule has 1 atom stereocenters. The predicted molar refractivity (Wildman–Crippen MR) is 74.0 cm³/mol. The molecule has 0 N–H and O–H groups in total. The van der Waals surface area contributed by atoms with Gasteiger partial charge < -0.3 is 4.74 Å². The third kappa shape index (κ3) is 3.31. The molecule has 1 unspecified atom stereocenters. The van der Waals surface area contributed by atoms with Crippen molar-refractivity contribution in [2.24, 2.45) is 0 Å². The highest BCUT2D eigenvalue weighted by Crippen LogP contribution is 2.29. The standard InChI is InChI=1S/C13H16Br2O/c14-9-13(16-12-3-1-2-4-12)10-5-7-11(15)8-6-10/h5-8,12-13H,1-4,9H2. The van der Waals surface area contributed by atoms with Crippen molar-refractivity contribution in [2.75, 3.05) is 5.33 Å². The maximum atomic E-state index is 6.12. The van der Waals surface area contributed by atoms with Crippen molar-refractivity contribution in [1.82, 2.24) is 0 Å². The van der Waals surface area contributed by atoms with Gasteiger partial charge >= 0.3 is 0 Å². The van der Waals surface area contributed by atoms with E-state index in [1.807, 2.05) is 0 Å². The molecule has 0 radical (unpaired) electrons. The van der Waals surface area contributed by atoms with Gasteiger partial charge in [0.15, 0.2) is 0 Å². The topological polar surface area (TPSA) is 9.23 Å². The van der Waals surface area contributed by atoms with Crippen LogP contribution in [-0.2, 0) is 4.74 Å². The highest BCUT2D eigenvalue weighted by atomic mass is 79.9. The molecule has 1 aromatic rings. The van der Waals surface area contributed by atoms with Gasteiger partial charge in [0.05, 0.1) is 12.2 Å². The minimum atomic E-state index is 0.191. The Labute approximate surface area is 114 Å². The summed E-state index contributed by atoms with van der Waals surface area (Å²) in [4.78, 5) is 0. The first-order valence-electron chi connectivity index (χ1n) is 5.76. The molecule has 0 aromatic heterocycles. The molecule has 88 valence electrons. The van der Waals surface area contributed by atoms with Crippen LogP contribution >= 0.6 is 31.9 Å². The van der Waals surface area contributed by atoms with Crippen LogP contribution in [0.2, 0.25) is 0 Å². The van der Waals surface area contributed by atoms with Crippen LogP contribution in [0.15, 0.2) is 28.7 Å². The normalized spacial score (nSPS) is 18.9. The van der Waals surface area contributed by atoms with Crippen LogP contribution in [0, 0.1) is 0 Å². The van der Waals surface area contributed by atoms with Crippen molar-refractivity contribution in [1.29, 1.82) is 0 Å². The van der Waals surface area contributed by atoms with Crippen LogP contribution in [0.3, 0.4) is 0 Å². The molecule has 2 rings (SSSR count). The van der Waals surface area contributed by atoms with Gasteiger partial charge in [-0.1, -0.05) is 56.8 Å². The molecule has 3 heteroatoms. The number of hydrogen-bond acceptors (Lipinski definition) is 1. The van der Waals surface area contributed by atoms with E-state index in [0.29, 0.717) is 6.10 Å². The second-order valence-electron chi connectivity index (χ2n) is 4.24. The first kappa shape index (κ1) is 12.6. The lowest BCUT2D eigenvalue weighted by atomic mass is 10.1. The van der Waals surface area contributed by atoms with Crippen molar-refractivity contribution in [3.63, 3.8) is 0 Å². The fourth-order valence-corrected chi connectivity index (χ4v) is 2.93. The summed E-state index contributed by atoms with van der Waals surface area (Å²) < 4.78 is 7.24. The van der Waals surface area contributed by atoms with Gasteiger partial charge in [-0.15, -0.1) is 0 Å². The van der Waals surface area contributed by atoms with Crippen LogP contribution in [-0.4, -0.2) is 11.4 Å². The van der Waals surface area contributed by atoms with Crippen molar-refractivity contribution >= 4 is 31.9 Å². The highest BCUT2D eigenvalue weighted by molar-refractivity contribution is 9.10. The fraction of sp³-hybridized carbons (Fsp3) is 0.538. The Bertz CT molecular complexity index is 317. The molecular weight excluding hydrogens is 332 g/mol. The lowest BCUT2D eigenvalue weighted by Gasteiger charge is -2.20. The molecule has 1 aromatic carbocycles. The average Bonchev–Trinajstić information content (AvgIpc) is 2.80. The van der Waals surface area contributed by atoms with E-state index in [2.05, 4.69) is 56.1 Å². The Morgan fingerprint density at radius 3 is 2.38 bits per heavy atom. The number of rotatable bonds is 4. The van der Waals surface area contributed by atoms with E-state index in [0.717, 1.165) is 9.80 Å². The average molecular weight is 348 g/mol. The van der Waals surface area contributed by atoms with Crippen LogP contribution < -0.4 is 0 Å². The van der Waals surface area contributed by atoms with E-state index in [-0.39, 0.29) is 6.10 Å². The van der Waals surface area contributed by atoms with E-state index >= 15 is 0 Å². The molecule has 1 aliphatic carbocycles. The lowest BCUT2D eigenvalue weighted by molar-refractivity contribution is 0.00434. The minimum absolute atomic E-state index is 0.191. The Morgan fingerprint density at radius 1 is 1.19 bits per heavy atom. The Hall–Kier alpha value is 0.140. The molecule has 0 spiro atoms. The number of hydrogen-bond donors (Lipinski definition) is 0. The van der Waals surface area contributed by atoms with Gasteiger partial charge in [0.1, 0.15) is 0 Å². The molecular formula is C13H16Br2O. The largest absolute Gasteiger partial charge is 0.369 e. The van der Waals surface area contributed by atoms with Gasteiger partial charge in [0.25, 0.3) is 0 Å². The van der Waals surface area contributed by atoms with E-state index in [9.17, 15) is 0 Å². The summed E-state index contributed by atoms with van der Waals surface area (Å²) in [6.07, 6.45) is 5.74. The summed E-state index contributed by atoms with van der Waals surface area (Å²) in [6.45, 7) is 0. The highest BCUT2D eigenvalue weighted by Gasteiger charge is 2.20. The zero-order chi connectivity index (χ0) is 11.4. The van der Waals surface area contributed by atoms with Crippen molar-refractivity contribution in [2.45, 2.75) is 37.9 Å². The van der Waals surface area contributed by atoms with Crippen molar-refractivity contribution in [3.05, 3.63) is 34.3 Å². The van der Waals surface area contributed by atoms with Crippen LogP contribution in [0.4, 0.5) is 0 Å². The Balaban J connectivity index is 2.00. The summed E-state index contributed by atoms with van der Waals surface area (Å²) in [6, 6.07) is 8.40. The third-order valence-corrected chi connectivity index (χ3v) is 4.16. The third-order valence-electron chi connectivity index (χ3n) is 3.04. The first-order valence-corrected chi connectivity index (χ1v) is 7.68. The summed E-state index contributed by atoms with van der Waals surface area (Å²) in [5.41, 5.74) is 1.26. The summed E-state index contributed by atoms with van der Waals surface area (Å²) in [7, 11) is 0. The van der Waals surface area contributed by atoms with Gasteiger partial charge in [0, 0.05) is 9.80 Å². The lowest BCUT2D eigenvalue weighted by Crippen LogP contribution is -2.14. The summed E-state index contributed by atoms with van der Waals surface area (Å²) in [5, 5.41) is 0.866. The SMILES string of the molecule is BrCC(OC1CCCC1)c1ccc(Br)cc1. The quantitative estimate of drug-likeness (QED) is 0.708. The molecule has 1 nitrogen and oxygen atoms in total. The Kier molecular flexibility index (Phi) is 4.86. The maximum Gasteiger partial charge on any atom is 0.0925 e. The number of benzene rings is 1. The monoisotopic (exact) mass is 346 g/mol. The molecule has 1 fully saturated rings. The molecule has 0 saturated heterocycles. The second-order valence-corrected chi connectivity index (χ2v) is 5.80. The number of alkyl halides is 1. The van der Waals surface area contributed by atoms with E-state index in [1.165, 1.54) is 31.2 Å². The van der Waals surface area contributed by atoms with Gasteiger partial charge in [-0.2, -0.15) is 0 Å². The molecule has 0 bridgehead atoms. The Morgan fingerprint density at radius 2 is 1.81 bits per heavy atom. The molecule has 0 amide bonds. The van der Waals surface area contributed by atoms with Crippen molar-refractivity contribution in [3.8, 4) is 0 Å². The van der Waals surface area contributed by atoms with E-state index in [1.54, 1.807) is 0 Å². The zero-order valence-electron chi connectivity index (χ0n) is 9.16. The molecule has 16 heavy (non-hydrogen) atoms. The summed E-state index contributed by atoms with van der Waals surface area (Å²) >= 11 is 6.99. The fourth-order valence-electron chi connectivity index (χ4n) is 2.14. The molecule has 1 saturated carbocycles. The molecule has 1 aliphatic rings. The molecule has 0 heterocycles. The predicted octanol–water partition coefficient (Wildman–Crippen LogP) is 4.84. The minimum Gasteiger partial charge on any atom is -0.369 e. The summed E-state index contributed by atoms with van der Waals surface area (Å²) in [5.74, 6) is 0. The van der Waals surface area contributed by atoms with E-state index in [4.69, 9.17) is 4.74 Å². The van der Waals surface area contributed by atoms with Crippen LogP contribution in [0.1, 0.15) is 37.4 Å². The van der Waals surface area contributed by atoms with Gasteiger partial charge in [-0.05, 0) is 30.5 Å². The maximum absolute atomic E-state index is 6.12. The van der Waals surface area contributed by atoms with E-state index < -0.39 is 0 Å². The number of halogens is 2. The van der Waals surface area contributed by atoms with Crippen LogP contribution in [0.5, 0.6) is 0 Å². The smallest absolute Gasteiger partial charge is 0.0925 e. The van der Waals surface area contributed by atoms with Gasteiger partial charge in [-0.25, -0.2) is 0 Å².